The van der Waals surface area contributed by atoms with Crippen molar-refractivity contribution < 1.29 is 9.59 Å². The number of carbonyl (C=O) groups is 2. The van der Waals surface area contributed by atoms with Gasteiger partial charge >= 0.3 is 0 Å². The van der Waals surface area contributed by atoms with Crippen LogP contribution in [-0.4, -0.2) is 18.2 Å². The second kappa shape index (κ2) is 8.70. The number of Topliss-reactive ketones (excluding diaryl/α,β-unsaturated/α-hetero) is 1. The quantitative estimate of drug-likeness (QED) is 0.771. The largest absolute Gasteiger partial charge is 0.349 e. The molecule has 1 N–H and O–H groups in total. The topological polar surface area (TPSA) is 46.2 Å². The van der Waals surface area contributed by atoms with Crippen LogP contribution in [0.15, 0.2) is 48.5 Å². The van der Waals surface area contributed by atoms with Crippen LogP contribution in [0.4, 0.5) is 0 Å². The van der Waals surface area contributed by atoms with Crippen molar-refractivity contribution in [2.24, 2.45) is 0 Å². The summed E-state index contributed by atoms with van der Waals surface area (Å²) in [6.45, 7) is 0.446. The number of hydrogen-bond donors (Lipinski definition) is 1. The molecule has 0 bridgehead atoms. The lowest BCUT2D eigenvalue weighted by atomic mass is 10.1. The molecule has 0 fully saturated rings. The van der Waals surface area contributed by atoms with Crippen molar-refractivity contribution in [3.8, 4) is 0 Å². The minimum atomic E-state index is -0.541. The van der Waals surface area contributed by atoms with Crippen molar-refractivity contribution in [2.45, 2.75) is 19.3 Å². The van der Waals surface area contributed by atoms with E-state index in [-0.39, 0.29) is 6.42 Å². The highest BCUT2D eigenvalue weighted by molar-refractivity contribution is 6.42. The Morgan fingerprint density at radius 3 is 2.30 bits per heavy atom. The van der Waals surface area contributed by atoms with Crippen molar-refractivity contribution in [3.63, 3.8) is 0 Å². The van der Waals surface area contributed by atoms with Crippen LogP contribution in [0, 0.1) is 0 Å². The van der Waals surface area contributed by atoms with E-state index in [1.807, 2.05) is 30.3 Å². The lowest BCUT2D eigenvalue weighted by molar-refractivity contribution is -0.137. The molecule has 0 heterocycles. The van der Waals surface area contributed by atoms with Crippen molar-refractivity contribution in [1.82, 2.24) is 5.32 Å². The molecule has 0 atom stereocenters. The van der Waals surface area contributed by atoms with Gasteiger partial charge in [-0.05, 0) is 36.1 Å². The number of amides is 1. The zero-order valence-corrected chi connectivity index (χ0v) is 14.0. The van der Waals surface area contributed by atoms with Crippen LogP contribution >= 0.6 is 23.2 Å². The fourth-order valence-corrected chi connectivity index (χ4v) is 2.45. The van der Waals surface area contributed by atoms with E-state index in [1.165, 1.54) is 0 Å². The summed E-state index contributed by atoms with van der Waals surface area (Å²) in [4.78, 5) is 23.6. The standard InChI is InChI=1S/C18H17Cl2NO2/c19-15-8-6-14(12-16(15)20)7-9-17(22)18(23)21-11-10-13-4-2-1-3-5-13/h1-6,8,12H,7,9-11H2,(H,21,23). The first kappa shape index (κ1) is 17.5. The van der Waals surface area contributed by atoms with Gasteiger partial charge in [-0.2, -0.15) is 0 Å². The molecule has 0 saturated carbocycles. The first-order valence-electron chi connectivity index (χ1n) is 7.35. The van der Waals surface area contributed by atoms with Gasteiger partial charge in [0.15, 0.2) is 0 Å². The Labute approximate surface area is 145 Å². The van der Waals surface area contributed by atoms with E-state index in [0.29, 0.717) is 29.4 Å². The predicted octanol–water partition coefficient (Wildman–Crippen LogP) is 3.85. The van der Waals surface area contributed by atoms with Gasteiger partial charge in [-0.1, -0.05) is 59.6 Å². The number of rotatable bonds is 7. The summed E-state index contributed by atoms with van der Waals surface area (Å²) in [6, 6.07) is 15.0. The summed E-state index contributed by atoms with van der Waals surface area (Å²) < 4.78 is 0. The molecule has 0 aliphatic heterocycles. The minimum Gasteiger partial charge on any atom is -0.349 e. The molecule has 0 aromatic heterocycles. The van der Waals surface area contributed by atoms with Crippen molar-refractivity contribution in [1.29, 1.82) is 0 Å². The van der Waals surface area contributed by atoms with Crippen molar-refractivity contribution in [3.05, 3.63) is 69.7 Å². The van der Waals surface area contributed by atoms with Crippen LogP contribution in [-0.2, 0) is 22.4 Å². The number of nitrogens with one attached hydrogen (secondary N) is 1. The Bertz CT molecular complexity index is 687. The third kappa shape index (κ3) is 5.70. The van der Waals surface area contributed by atoms with Gasteiger partial charge in [-0.3, -0.25) is 9.59 Å². The fourth-order valence-electron chi connectivity index (χ4n) is 2.13. The van der Waals surface area contributed by atoms with Gasteiger partial charge in [0.05, 0.1) is 10.0 Å². The summed E-state index contributed by atoms with van der Waals surface area (Å²) >= 11 is 11.8. The van der Waals surface area contributed by atoms with E-state index in [2.05, 4.69) is 5.32 Å². The second-order valence-corrected chi connectivity index (χ2v) is 5.98. The maximum atomic E-state index is 11.8. The molecule has 0 saturated heterocycles. The minimum absolute atomic E-state index is 0.148. The summed E-state index contributed by atoms with van der Waals surface area (Å²) in [5, 5.41) is 3.57. The van der Waals surface area contributed by atoms with Crippen LogP contribution in [0.5, 0.6) is 0 Å². The molecule has 0 aliphatic carbocycles. The number of halogens is 2. The summed E-state index contributed by atoms with van der Waals surface area (Å²) in [6.07, 6.45) is 1.31. The molecular formula is C18H17Cl2NO2. The van der Waals surface area contributed by atoms with Crippen LogP contribution in [0.3, 0.4) is 0 Å². The number of carbonyl (C=O) groups excluding carboxylic acids is 2. The SMILES string of the molecule is O=C(CCc1ccc(Cl)c(Cl)c1)C(=O)NCCc1ccccc1. The Morgan fingerprint density at radius 2 is 1.61 bits per heavy atom. The highest BCUT2D eigenvalue weighted by Gasteiger charge is 2.13. The molecule has 0 aliphatic rings. The monoisotopic (exact) mass is 349 g/mol. The molecule has 1 amide bonds. The van der Waals surface area contributed by atoms with Gasteiger partial charge in [0.1, 0.15) is 0 Å². The molecular weight excluding hydrogens is 333 g/mol. The zero-order valence-electron chi connectivity index (χ0n) is 12.5. The third-order valence-corrected chi connectivity index (χ3v) is 4.16. The predicted molar refractivity (Wildman–Crippen MR) is 92.9 cm³/mol. The molecule has 0 spiro atoms. The first-order valence-corrected chi connectivity index (χ1v) is 8.11. The van der Waals surface area contributed by atoms with Crippen LogP contribution < -0.4 is 5.32 Å². The molecule has 5 heteroatoms. The maximum Gasteiger partial charge on any atom is 0.287 e. The Hall–Kier alpha value is -1.84. The van der Waals surface area contributed by atoms with Crippen molar-refractivity contribution >= 4 is 34.9 Å². The highest BCUT2D eigenvalue weighted by atomic mass is 35.5. The van der Waals surface area contributed by atoms with Gasteiger partial charge in [0, 0.05) is 13.0 Å². The van der Waals surface area contributed by atoms with E-state index in [9.17, 15) is 9.59 Å². The zero-order chi connectivity index (χ0) is 16.7. The molecule has 2 aromatic carbocycles. The maximum absolute atomic E-state index is 11.8. The van der Waals surface area contributed by atoms with E-state index in [4.69, 9.17) is 23.2 Å². The lowest BCUT2D eigenvalue weighted by Gasteiger charge is -2.05. The smallest absolute Gasteiger partial charge is 0.287 e. The first-order chi connectivity index (χ1) is 11.1. The van der Waals surface area contributed by atoms with Gasteiger partial charge in [-0.15, -0.1) is 0 Å². The van der Waals surface area contributed by atoms with E-state index in [1.54, 1.807) is 18.2 Å². The van der Waals surface area contributed by atoms with Crippen LogP contribution in [0.1, 0.15) is 17.5 Å². The van der Waals surface area contributed by atoms with E-state index >= 15 is 0 Å². The third-order valence-electron chi connectivity index (χ3n) is 3.42. The summed E-state index contributed by atoms with van der Waals surface area (Å²) in [5.41, 5.74) is 2.00. The number of hydrogen-bond acceptors (Lipinski definition) is 2. The second-order valence-electron chi connectivity index (χ2n) is 5.16. The molecule has 2 aromatic rings. The van der Waals surface area contributed by atoms with Crippen LogP contribution in [0.2, 0.25) is 10.0 Å². The van der Waals surface area contributed by atoms with Gasteiger partial charge in [0.25, 0.3) is 5.91 Å². The Morgan fingerprint density at radius 1 is 0.870 bits per heavy atom. The summed E-state index contributed by atoms with van der Waals surface area (Å²) in [5.74, 6) is -0.967. The van der Waals surface area contributed by atoms with E-state index in [0.717, 1.165) is 11.1 Å². The number of benzene rings is 2. The van der Waals surface area contributed by atoms with E-state index < -0.39 is 11.7 Å². The van der Waals surface area contributed by atoms with Gasteiger partial charge < -0.3 is 5.32 Å². The number of ketones is 1. The van der Waals surface area contributed by atoms with Gasteiger partial charge in [-0.25, -0.2) is 0 Å². The molecule has 0 unspecified atom stereocenters. The molecule has 120 valence electrons. The number of aryl methyl sites for hydroxylation is 1. The molecule has 3 nitrogen and oxygen atoms in total. The lowest BCUT2D eigenvalue weighted by Crippen LogP contribution is -2.32. The van der Waals surface area contributed by atoms with Crippen molar-refractivity contribution in [2.75, 3.05) is 6.54 Å². The fraction of sp³-hybridized carbons (Fsp3) is 0.222. The average Bonchev–Trinajstić information content (AvgIpc) is 2.56. The summed E-state index contributed by atoms with van der Waals surface area (Å²) in [7, 11) is 0. The Kier molecular flexibility index (Phi) is 6.63. The molecule has 23 heavy (non-hydrogen) atoms. The van der Waals surface area contributed by atoms with Crippen LogP contribution in [0.25, 0.3) is 0 Å². The Balaban J connectivity index is 1.74. The molecule has 2 rings (SSSR count). The highest BCUT2D eigenvalue weighted by Crippen LogP contribution is 2.23. The average molecular weight is 350 g/mol. The van der Waals surface area contributed by atoms with Gasteiger partial charge in [0.2, 0.25) is 5.78 Å². The molecule has 0 radical (unpaired) electrons. The normalized spacial score (nSPS) is 10.3.